The summed E-state index contributed by atoms with van der Waals surface area (Å²) in [5, 5.41) is 6.46. The standard InChI is InChI=1S/C36H50ClN5O10S/c1-9-20-18-36(20,32(45)41-53(47,48)52-21-14-15-21)40-30(43)25-16-22(50-26-17-27(49-10-2)38-28-23(26)12-11-13-24(28)37)19-42(25)31(44)29(34(3,4)5)39-33(46)51-35(6,7)8/h11-13,17,20-22,25,29H,9-10,14-16,18-19H2,1-8H3,(H,39,46)(H,40,43)(H,41,45)/t20-,22-,25+,29-,36-/m1/s1. The molecule has 0 spiro atoms. The van der Waals surface area contributed by atoms with Gasteiger partial charge >= 0.3 is 16.4 Å². The Bertz CT molecular complexity index is 1860. The summed E-state index contributed by atoms with van der Waals surface area (Å²) >= 11 is 6.49. The van der Waals surface area contributed by atoms with Crippen molar-refractivity contribution in [2.45, 2.75) is 123 Å². The molecule has 5 rings (SSSR count). The molecule has 5 atom stereocenters. The van der Waals surface area contributed by atoms with Crippen LogP contribution in [-0.2, 0) is 33.6 Å². The van der Waals surface area contributed by atoms with Crippen LogP contribution in [0.4, 0.5) is 4.79 Å². The summed E-state index contributed by atoms with van der Waals surface area (Å²) in [5.74, 6) is -1.90. The second-order valence-electron chi connectivity index (χ2n) is 15.9. The first-order chi connectivity index (χ1) is 24.7. The molecule has 3 N–H and O–H groups in total. The number of hydrogen-bond acceptors (Lipinski definition) is 11. The lowest BCUT2D eigenvalue weighted by Crippen LogP contribution is -2.60. The number of ether oxygens (including phenoxy) is 3. The Morgan fingerprint density at radius 2 is 1.77 bits per heavy atom. The molecule has 0 radical (unpaired) electrons. The number of rotatable bonds is 13. The molecular weight excluding hydrogens is 730 g/mol. The summed E-state index contributed by atoms with van der Waals surface area (Å²) in [6, 6.07) is 4.52. The summed E-state index contributed by atoms with van der Waals surface area (Å²) in [5.41, 5.74) is -2.77. The largest absolute Gasteiger partial charge is 0.488 e. The van der Waals surface area contributed by atoms with E-state index in [0.717, 1.165) is 0 Å². The molecule has 0 bridgehead atoms. The van der Waals surface area contributed by atoms with Crippen LogP contribution < -0.4 is 24.8 Å². The number of nitrogens with one attached hydrogen (secondary N) is 3. The molecule has 2 aromatic rings. The number of pyridine rings is 1. The van der Waals surface area contributed by atoms with E-state index in [4.69, 9.17) is 30.0 Å². The van der Waals surface area contributed by atoms with Gasteiger partial charge in [-0.3, -0.25) is 18.6 Å². The average Bonchev–Trinajstić information content (AvgIpc) is 3.95. The van der Waals surface area contributed by atoms with Gasteiger partial charge in [0.15, 0.2) is 0 Å². The molecule has 53 heavy (non-hydrogen) atoms. The van der Waals surface area contributed by atoms with E-state index >= 15 is 0 Å². The Balaban J connectivity index is 1.47. The van der Waals surface area contributed by atoms with Gasteiger partial charge in [-0.1, -0.05) is 51.8 Å². The van der Waals surface area contributed by atoms with Gasteiger partial charge in [0.25, 0.3) is 5.91 Å². The Morgan fingerprint density at radius 3 is 2.36 bits per heavy atom. The number of amides is 4. The lowest BCUT2D eigenvalue weighted by molar-refractivity contribution is -0.143. The Labute approximate surface area is 315 Å². The molecule has 15 nitrogen and oxygen atoms in total. The third-order valence-corrected chi connectivity index (χ3v) is 10.6. The summed E-state index contributed by atoms with van der Waals surface area (Å²) in [4.78, 5) is 61.2. The van der Waals surface area contributed by atoms with Gasteiger partial charge in [0, 0.05) is 17.9 Å². The molecule has 2 heterocycles. The maximum absolute atomic E-state index is 14.5. The first-order valence-electron chi connectivity index (χ1n) is 17.9. The monoisotopic (exact) mass is 779 g/mol. The number of likely N-dealkylation sites (tertiary alicyclic amines) is 1. The van der Waals surface area contributed by atoms with E-state index in [-0.39, 0.29) is 31.2 Å². The first kappa shape index (κ1) is 40.3. The number of halogens is 1. The molecule has 2 saturated carbocycles. The molecule has 292 valence electrons. The number of carbonyl (C=O) groups is 4. The normalized spacial score (nSPS) is 23.6. The van der Waals surface area contributed by atoms with E-state index in [0.29, 0.717) is 47.5 Å². The second-order valence-corrected chi connectivity index (χ2v) is 17.6. The smallest absolute Gasteiger partial charge is 0.408 e. The topological polar surface area (TPSA) is 192 Å². The molecule has 3 fully saturated rings. The van der Waals surface area contributed by atoms with E-state index in [2.05, 4.69) is 15.6 Å². The third-order valence-electron chi connectivity index (χ3n) is 9.29. The van der Waals surface area contributed by atoms with Crippen molar-refractivity contribution in [3.8, 4) is 11.6 Å². The van der Waals surface area contributed by atoms with Crippen molar-refractivity contribution in [2.24, 2.45) is 11.3 Å². The zero-order chi connectivity index (χ0) is 39.1. The number of hydrogen-bond donors (Lipinski definition) is 3. The van der Waals surface area contributed by atoms with Crippen molar-refractivity contribution in [3.05, 3.63) is 29.3 Å². The van der Waals surface area contributed by atoms with E-state index in [1.54, 1.807) is 65.8 Å². The Morgan fingerprint density at radius 1 is 1.08 bits per heavy atom. The molecule has 1 saturated heterocycles. The van der Waals surface area contributed by atoms with E-state index < -0.39 is 75.0 Å². The first-order valence-corrected chi connectivity index (χ1v) is 19.7. The van der Waals surface area contributed by atoms with Gasteiger partial charge in [0.05, 0.1) is 29.8 Å². The minimum Gasteiger partial charge on any atom is -0.488 e. The highest BCUT2D eigenvalue weighted by molar-refractivity contribution is 7.85. The predicted molar refractivity (Wildman–Crippen MR) is 196 cm³/mol. The highest BCUT2D eigenvalue weighted by atomic mass is 35.5. The maximum Gasteiger partial charge on any atom is 0.408 e. The van der Waals surface area contributed by atoms with Gasteiger partial charge in [-0.15, -0.1) is 0 Å². The number of fused-ring (bicyclic) bond motifs is 1. The predicted octanol–water partition coefficient (Wildman–Crippen LogP) is 4.40. The van der Waals surface area contributed by atoms with Crippen molar-refractivity contribution in [3.63, 3.8) is 0 Å². The lowest BCUT2D eigenvalue weighted by Gasteiger charge is -2.36. The summed E-state index contributed by atoms with van der Waals surface area (Å²) in [6.07, 6.45) is -0.256. The van der Waals surface area contributed by atoms with Crippen molar-refractivity contribution >= 4 is 56.6 Å². The van der Waals surface area contributed by atoms with Crippen LogP contribution in [0.25, 0.3) is 10.9 Å². The summed E-state index contributed by atoms with van der Waals surface area (Å²) < 4.78 is 49.8. The lowest BCUT2D eigenvalue weighted by atomic mass is 9.85. The fourth-order valence-electron chi connectivity index (χ4n) is 6.46. The van der Waals surface area contributed by atoms with Crippen molar-refractivity contribution in [1.82, 2.24) is 25.2 Å². The SMILES string of the molecule is CCOc1cc(O[C@@H]2C[C@@H](C(=O)N[C@]3(C(=O)NS(=O)(=O)OC4CC4)C[C@H]3CC)N(C(=O)[C@@H](NC(=O)OC(C)(C)C)C(C)(C)C)C2)c2cccc(Cl)c2n1. The number of aromatic nitrogens is 1. The minimum atomic E-state index is -4.41. The highest BCUT2D eigenvalue weighted by Gasteiger charge is 2.62. The number of carbonyl (C=O) groups excluding carboxylic acids is 4. The Hall–Kier alpha value is -3.89. The van der Waals surface area contributed by atoms with Crippen molar-refractivity contribution < 1.29 is 46.0 Å². The van der Waals surface area contributed by atoms with Crippen LogP contribution >= 0.6 is 11.6 Å². The molecule has 1 aromatic carbocycles. The van der Waals surface area contributed by atoms with Crippen LogP contribution in [0.3, 0.4) is 0 Å². The van der Waals surface area contributed by atoms with Crippen LogP contribution in [0, 0.1) is 11.3 Å². The van der Waals surface area contributed by atoms with Gasteiger partial charge in [0.1, 0.15) is 35.1 Å². The van der Waals surface area contributed by atoms with Gasteiger partial charge in [-0.25, -0.2) is 14.5 Å². The number of alkyl carbamates (subject to hydrolysis) is 1. The second kappa shape index (κ2) is 15.1. The molecule has 2 aliphatic carbocycles. The maximum atomic E-state index is 14.5. The minimum absolute atomic E-state index is 0.00714. The molecule has 1 aromatic heterocycles. The molecular formula is C36H50ClN5O10S. The van der Waals surface area contributed by atoms with E-state index in [1.165, 1.54) is 4.90 Å². The highest BCUT2D eigenvalue weighted by Crippen LogP contribution is 2.47. The van der Waals surface area contributed by atoms with Gasteiger partial charge < -0.3 is 29.7 Å². The molecule has 0 unspecified atom stereocenters. The van der Waals surface area contributed by atoms with Crippen molar-refractivity contribution in [1.29, 1.82) is 0 Å². The van der Waals surface area contributed by atoms with Crippen LogP contribution in [0.2, 0.25) is 5.02 Å². The average molecular weight is 780 g/mol. The quantitative estimate of drug-likeness (QED) is 0.261. The van der Waals surface area contributed by atoms with Crippen molar-refractivity contribution in [2.75, 3.05) is 13.2 Å². The number of nitrogens with zero attached hydrogens (tertiary/aromatic N) is 2. The van der Waals surface area contributed by atoms with Crippen LogP contribution in [0.15, 0.2) is 24.3 Å². The number of para-hydroxylation sites is 1. The Kier molecular flexibility index (Phi) is 11.5. The van der Waals surface area contributed by atoms with Gasteiger partial charge in [-0.2, -0.15) is 8.42 Å². The molecule has 17 heteroatoms. The van der Waals surface area contributed by atoms with Gasteiger partial charge in [0.2, 0.25) is 17.7 Å². The molecule has 1 aliphatic heterocycles. The fraction of sp³-hybridized carbons (Fsp3) is 0.639. The zero-order valence-corrected chi connectivity index (χ0v) is 33.0. The fourth-order valence-corrected chi connectivity index (χ4v) is 7.68. The zero-order valence-electron chi connectivity index (χ0n) is 31.4. The van der Waals surface area contributed by atoms with E-state index in [1.807, 2.05) is 18.6 Å². The molecule has 3 aliphatic rings. The summed E-state index contributed by atoms with van der Waals surface area (Å²) in [6.45, 7) is 14.3. The van der Waals surface area contributed by atoms with E-state index in [9.17, 15) is 27.6 Å². The van der Waals surface area contributed by atoms with Crippen LogP contribution in [0.5, 0.6) is 11.6 Å². The number of benzene rings is 1. The third kappa shape index (κ3) is 9.62. The summed E-state index contributed by atoms with van der Waals surface area (Å²) in [7, 11) is -4.41. The molecule has 4 amide bonds. The van der Waals surface area contributed by atoms with Crippen LogP contribution in [-0.4, -0.2) is 90.7 Å². The van der Waals surface area contributed by atoms with Gasteiger partial charge in [-0.05, 0) is 70.4 Å². The van der Waals surface area contributed by atoms with Crippen LogP contribution in [0.1, 0.15) is 87.5 Å².